The Morgan fingerprint density at radius 2 is 2.00 bits per heavy atom. The van der Waals surface area contributed by atoms with Gasteiger partial charge in [0.1, 0.15) is 5.01 Å². The third-order valence-corrected chi connectivity index (χ3v) is 6.14. The molecular formula is C16H26N2S. The Balaban J connectivity index is 1.94. The van der Waals surface area contributed by atoms with Crippen molar-refractivity contribution in [2.75, 3.05) is 6.54 Å². The van der Waals surface area contributed by atoms with Gasteiger partial charge in [-0.25, -0.2) is 4.98 Å². The van der Waals surface area contributed by atoms with Crippen molar-refractivity contribution in [2.45, 2.75) is 71.3 Å². The second-order valence-corrected chi connectivity index (χ2v) is 8.13. The quantitative estimate of drug-likeness (QED) is 0.902. The summed E-state index contributed by atoms with van der Waals surface area (Å²) in [6.45, 7) is 8.07. The molecule has 0 aromatic carbocycles. The maximum Gasteiger partial charge on any atom is 0.113 e. The molecule has 3 rings (SSSR count). The molecule has 1 fully saturated rings. The molecule has 1 atom stereocenters. The number of hydrogen-bond donors (Lipinski definition) is 1. The van der Waals surface area contributed by atoms with E-state index < -0.39 is 0 Å². The van der Waals surface area contributed by atoms with Crippen LogP contribution < -0.4 is 5.32 Å². The van der Waals surface area contributed by atoms with Crippen molar-refractivity contribution in [2.24, 2.45) is 5.41 Å². The molecule has 1 aromatic heterocycles. The first kappa shape index (κ1) is 13.6. The molecule has 19 heavy (non-hydrogen) atoms. The van der Waals surface area contributed by atoms with Gasteiger partial charge < -0.3 is 5.32 Å². The fourth-order valence-electron chi connectivity index (χ4n) is 3.85. The lowest BCUT2D eigenvalue weighted by Crippen LogP contribution is -2.40. The van der Waals surface area contributed by atoms with Crippen LogP contribution in [-0.2, 0) is 18.4 Å². The van der Waals surface area contributed by atoms with Crippen LogP contribution in [0.5, 0.6) is 0 Å². The predicted octanol–water partition coefficient (Wildman–Crippen LogP) is 4.04. The number of rotatable bonds is 3. The van der Waals surface area contributed by atoms with E-state index in [1.807, 2.05) is 11.3 Å². The minimum absolute atomic E-state index is 0.167. The third-order valence-electron chi connectivity index (χ3n) is 4.78. The molecule has 106 valence electrons. The van der Waals surface area contributed by atoms with Crippen molar-refractivity contribution >= 4 is 11.3 Å². The van der Waals surface area contributed by atoms with E-state index in [2.05, 4.69) is 26.1 Å². The Kier molecular flexibility index (Phi) is 3.46. The Bertz CT molecular complexity index is 440. The van der Waals surface area contributed by atoms with E-state index in [0.29, 0.717) is 5.41 Å². The fraction of sp³-hybridized carbons (Fsp3) is 0.812. The summed E-state index contributed by atoms with van der Waals surface area (Å²) in [4.78, 5) is 6.62. The van der Waals surface area contributed by atoms with Crippen LogP contribution in [0.25, 0.3) is 0 Å². The third kappa shape index (κ3) is 2.47. The SMILES string of the molecule is CCNC1(c2nc3c(s2)CCCC3)CCC(C)(C)C1. The number of aryl methyl sites for hydroxylation is 2. The summed E-state index contributed by atoms with van der Waals surface area (Å²) in [5.41, 5.74) is 2.03. The van der Waals surface area contributed by atoms with E-state index in [-0.39, 0.29) is 5.54 Å². The van der Waals surface area contributed by atoms with E-state index in [1.54, 1.807) is 4.88 Å². The summed E-state index contributed by atoms with van der Waals surface area (Å²) >= 11 is 2.00. The molecule has 1 N–H and O–H groups in total. The normalized spacial score (nSPS) is 29.4. The summed E-state index contributed by atoms with van der Waals surface area (Å²) in [6.07, 6.45) is 8.95. The molecule has 0 bridgehead atoms. The molecule has 3 heteroatoms. The highest BCUT2D eigenvalue weighted by Gasteiger charge is 2.46. The first-order valence-electron chi connectivity index (χ1n) is 7.79. The second kappa shape index (κ2) is 4.85. The standard InChI is InChI=1S/C16H26N2S/c1-4-17-16(10-9-15(2,3)11-16)14-18-12-7-5-6-8-13(12)19-14/h17H,4-11H2,1-3H3. The average Bonchev–Trinajstić information content (AvgIpc) is 2.92. The highest BCUT2D eigenvalue weighted by atomic mass is 32.1. The van der Waals surface area contributed by atoms with E-state index in [4.69, 9.17) is 4.98 Å². The van der Waals surface area contributed by atoms with Gasteiger partial charge in [-0.1, -0.05) is 20.8 Å². The van der Waals surface area contributed by atoms with Crippen LogP contribution in [0.2, 0.25) is 0 Å². The van der Waals surface area contributed by atoms with Crippen LogP contribution >= 0.6 is 11.3 Å². The lowest BCUT2D eigenvalue weighted by molar-refractivity contribution is 0.292. The molecule has 1 heterocycles. The predicted molar refractivity (Wildman–Crippen MR) is 81.7 cm³/mol. The number of nitrogens with zero attached hydrogens (tertiary/aromatic N) is 1. The van der Waals surface area contributed by atoms with Crippen molar-refractivity contribution < 1.29 is 0 Å². The van der Waals surface area contributed by atoms with Crippen molar-refractivity contribution in [3.8, 4) is 0 Å². The molecule has 2 aliphatic carbocycles. The van der Waals surface area contributed by atoms with Gasteiger partial charge in [0, 0.05) is 4.88 Å². The molecule has 2 nitrogen and oxygen atoms in total. The van der Waals surface area contributed by atoms with Gasteiger partial charge in [0.05, 0.1) is 11.2 Å². The summed E-state index contributed by atoms with van der Waals surface area (Å²) in [7, 11) is 0. The van der Waals surface area contributed by atoms with Gasteiger partial charge >= 0.3 is 0 Å². The first-order valence-corrected chi connectivity index (χ1v) is 8.60. The van der Waals surface area contributed by atoms with Crippen molar-refractivity contribution in [1.82, 2.24) is 10.3 Å². The number of hydrogen-bond acceptors (Lipinski definition) is 3. The van der Waals surface area contributed by atoms with Gasteiger partial charge in [0.25, 0.3) is 0 Å². The summed E-state index contributed by atoms with van der Waals surface area (Å²) in [6, 6.07) is 0. The Hall–Kier alpha value is -0.410. The Morgan fingerprint density at radius 1 is 1.21 bits per heavy atom. The topological polar surface area (TPSA) is 24.9 Å². The molecule has 1 aromatic rings. The van der Waals surface area contributed by atoms with Gasteiger partial charge in [0.15, 0.2) is 0 Å². The summed E-state index contributed by atoms with van der Waals surface area (Å²) in [5, 5.41) is 5.17. The molecule has 0 aliphatic heterocycles. The van der Waals surface area contributed by atoms with E-state index in [0.717, 1.165) is 6.54 Å². The van der Waals surface area contributed by atoms with Gasteiger partial charge in [-0.15, -0.1) is 11.3 Å². The molecular weight excluding hydrogens is 252 g/mol. The largest absolute Gasteiger partial charge is 0.306 e. The molecule has 0 saturated heterocycles. The van der Waals surface area contributed by atoms with E-state index >= 15 is 0 Å². The van der Waals surface area contributed by atoms with Crippen LogP contribution in [0.4, 0.5) is 0 Å². The summed E-state index contributed by atoms with van der Waals surface area (Å²) in [5.74, 6) is 0. The van der Waals surface area contributed by atoms with Crippen LogP contribution in [-0.4, -0.2) is 11.5 Å². The zero-order valence-electron chi connectivity index (χ0n) is 12.5. The number of thiazole rings is 1. The molecule has 0 spiro atoms. The highest BCUT2D eigenvalue weighted by molar-refractivity contribution is 7.11. The van der Waals surface area contributed by atoms with Gasteiger partial charge in [-0.05, 0) is 56.9 Å². The first-order chi connectivity index (χ1) is 9.05. The van der Waals surface area contributed by atoms with Crippen molar-refractivity contribution in [1.29, 1.82) is 0 Å². The average molecular weight is 278 g/mol. The number of aromatic nitrogens is 1. The van der Waals surface area contributed by atoms with E-state index in [1.165, 1.54) is 55.6 Å². The monoisotopic (exact) mass is 278 g/mol. The molecule has 2 aliphatic rings. The van der Waals surface area contributed by atoms with Gasteiger partial charge in [0.2, 0.25) is 0 Å². The molecule has 1 saturated carbocycles. The van der Waals surface area contributed by atoms with E-state index in [9.17, 15) is 0 Å². The minimum atomic E-state index is 0.167. The van der Waals surface area contributed by atoms with Crippen LogP contribution in [0.15, 0.2) is 0 Å². The van der Waals surface area contributed by atoms with Gasteiger partial charge in [-0.3, -0.25) is 0 Å². The molecule has 0 amide bonds. The van der Waals surface area contributed by atoms with Crippen molar-refractivity contribution in [3.63, 3.8) is 0 Å². The molecule has 1 unspecified atom stereocenters. The Labute approximate surface area is 121 Å². The van der Waals surface area contributed by atoms with Crippen LogP contribution in [0.1, 0.15) is 68.5 Å². The summed E-state index contributed by atoms with van der Waals surface area (Å²) < 4.78 is 0. The zero-order chi connectivity index (χ0) is 13.5. The fourth-order valence-corrected chi connectivity index (χ4v) is 5.19. The smallest absolute Gasteiger partial charge is 0.113 e. The van der Waals surface area contributed by atoms with Crippen molar-refractivity contribution in [3.05, 3.63) is 15.6 Å². The Morgan fingerprint density at radius 3 is 2.63 bits per heavy atom. The minimum Gasteiger partial charge on any atom is -0.306 e. The van der Waals surface area contributed by atoms with Gasteiger partial charge in [-0.2, -0.15) is 0 Å². The number of fused-ring (bicyclic) bond motifs is 1. The second-order valence-electron chi connectivity index (χ2n) is 7.05. The molecule has 0 radical (unpaired) electrons. The lowest BCUT2D eigenvalue weighted by atomic mass is 9.88. The maximum absolute atomic E-state index is 5.05. The lowest BCUT2D eigenvalue weighted by Gasteiger charge is -2.30. The zero-order valence-corrected chi connectivity index (χ0v) is 13.3. The maximum atomic E-state index is 5.05. The number of nitrogens with one attached hydrogen (secondary N) is 1. The van der Waals surface area contributed by atoms with Crippen LogP contribution in [0.3, 0.4) is 0 Å². The van der Waals surface area contributed by atoms with Crippen LogP contribution in [0, 0.1) is 5.41 Å². The highest BCUT2D eigenvalue weighted by Crippen LogP contribution is 2.50.